The number of nitrogens with one attached hydrogen (secondary N) is 2. The molecule has 0 radical (unpaired) electrons. The zero-order valence-electron chi connectivity index (χ0n) is 13.7. The van der Waals surface area contributed by atoms with Gasteiger partial charge in [-0.25, -0.2) is 13.1 Å². The SMILES string of the molecule is Cc1cccc2cc(CNS(=O)(=O)c3cccc([N+](=O)[O-])c3)c(=O)[nH]c12. The van der Waals surface area contributed by atoms with Gasteiger partial charge in [0.1, 0.15) is 0 Å². The van der Waals surface area contributed by atoms with Crippen molar-refractivity contribution in [2.75, 3.05) is 0 Å². The molecule has 0 aliphatic heterocycles. The number of hydrogen-bond acceptors (Lipinski definition) is 5. The normalized spacial score (nSPS) is 11.6. The Morgan fingerprint density at radius 3 is 2.62 bits per heavy atom. The molecule has 3 rings (SSSR count). The van der Waals surface area contributed by atoms with E-state index in [0.717, 1.165) is 17.0 Å². The Morgan fingerprint density at radius 2 is 1.88 bits per heavy atom. The number of H-pyrrole nitrogens is 1. The fraction of sp³-hybridized carbons (Fsp3) is 0.118. The fourth-order valence-corrected chi connectivity index (χ4v) is 3.63. The van der Waals surface area contributed by atoms with Crippen LogP contribution in [0.5, 0.6) is 0 Å². The zero-order chi connectivity index (χ0) is 18.9. The van der Waals surface area contributed by atoms with E-state index >= 15 is 0 Å². The van der Waals surface area contributed by atoms with Crippen LogP contribution in [-0.2, 0) is 16.6 Å². The molecule has 0 aliphatic rings. The molecule has 0 spiro atoms. The van der Waals surface area contributed by atoms with E-state index in [2.05, 4.69) is 9.71 Å². The van der Waals surface area contributed by atoms with Crippen molar-refractivity contribution >= 4 is 26.6 Å². The molecule has 1 heterocycles. The van der Waals surface area contributed by atoms with Gasteiger partial charge in [0.25, 0.3) is 11.2 Å². The van der Waals surface area contributed by atoms with Crippen molar-refractivity contribution < 1.29 is 13.3 Å². The number of hydrogen-bond donors (Lipinski definition) is 2. The second kappa shape index (κ2) is 6.70. The van der Waals surface area contributed by atoms with Crippen LogP contribution in [0.4, 0.5) is 5.69 Å². The minimum absolute atomic E-state index is 0.232. The number of fused-ring (bicyclic) bond motifs is 1. The highest BCUT2D eigenvalue weighted by Gasteiger charge is 2.18. The maximum Gasteiger partial charge on any atom is 0.270 e. The van der Waals surface area contributed by atoms with Crippen LogP contribution in [0.1, 0.15) is 11.1 Å². The number of non-ortho nitro benzene ring substituents is 1. The third-order valence-electron chi connectivity index (χ3n) is 3.96. The molecule has 0 bridgehead atoms. The highest BCUT2D eigenvalue weighted by Crippen LogP contribution is 2.18. The molecule has 3 aromatic rings. The Balaban J connectivity index is 1.90. The second-order valence-corrected chi connectivity index (χ2v) is 7.51. The summed E-state index contributed by atoms with van der Waals surface area (Å²) in [5.41, 5.74) is 1.13. The maximum absolute atomic E-state index is 12.4. The van der Waals surface area contributed by atoms with Gasteiger partial charge in [-0.1, -0.05) is 24.3 Å². The van der Waals surface area contributed by atoms with Crippen molar-refractivity contribution in [3.8, 4) is 0 Å². The predicted octanol–water partition coefficient (Wildman–Crippen LogP) is 2.22. The van der Waals surface area contributed by atoms with Gasteiger partial charge in [0.05, 0.1) is 15.3 Å². The minimum Gasteiger partial charge on any atom is -0.321 e. The molecule has 0 unspecified atom stereocenters. The third kappa shape index (κ3) is 3.48. The van der Waals surface area contributed by atoms with Gasteiger partial charge >= 0.3 is 0 Å². The summed E-state index contributed by atoms with van der Waals surface area (Å²) in [6.45, 7) is 1.63. The number of nitrogens with zero attached hydrogens (tertiary/aromatic N) is 1. The largest absolute Gasteiger partial charge is 0.321 e. The Labute approximate surface area is 148 Å². The zero-order valence-corrected chi connectivity index (χ0v) is 14.5. The number of sulfonamides is 1. The molecule has 134 valence electrons. The lowest BCUT2D eigenvalue weighted by atomic mass is 10.1. The predicted molar refractivity (Wildman–Crippen MR) is 96.4 cm³/mol. The topological polar surface area (TPSA) is 122 Å². The average molecular weight is 373 g/mol. The molecule has 1 aromatic heterocycles. The molecule has 26 heavy (non-hydrogen) atoms. The smallest absolute Gasteiger partial charge is 0.270 e. The monoisotopic (exact) mass is 373 g/mol. The quantitative estimate of drug-likeness (QED) is 0.524. The van der Waals surface area contributed by atoms with E-state index in [1.54, 1.807) is 6.07 Å². The van der Waals surface area contributed by atoms with Gasteiger partial charge in [0, 0.05) is 24.2 Å². The number of pyridine rings is 1. The maximum atomic E-state index is 12.4. The van der Waals surface area contributed by atoms with Crippen molar-refractivity contribution in [3.63, 3.8) is 0 Å². The number of nitro groups is 1. The minimum atomic E-state index is -4.00. The number of aromatic nitrogens is 1. The van der Waals surface area contributed by atoms with Crippen molar-refractivity contribution in [3.05, 3.63) is 80.1 Å². The summed E-state index contributed by atoms with van der Waals surface area (Å²) in [5.74, 6) is 0. The van der Waals surface area contributed by atoms with E-state index < -0.39 is 20.5 Å². The molecule has 0 amide bonds. The molecule has 8 nitrogen and oxygen atoms in total. The molecule has 2 N–H and O–H groups in total. The summed E-state index contributed by atoms with van der Waals surface area (Å²) >= 11 is 0. The average Bonchev–Trinajstić information content (AvgIpc) is 2.61. The van der Waals surface area contributed by atoms with Gasteiger partial charge < -0.3 is 4.98 Å². The van der Waals surface area contributed by atoms with Crippen LogP contribution in [0.3, 0.4) is 0 Å². The molecule has 9 heteroatoms. The Hall–Kier alpha value is -3.04. The van der Waals surface area contributed by atoms with Crippen LogP contribution in [0.15, 0.2) is 58.2 Å². The van der Waals surface area contributed by atoms with Gasteiger partial charge in [-0.2, -0.15) is 0 Å². The first-order chi connectivity index (χ1) is 12.3. The Morgan fingerprint density at radius 1 is 1.15 bits per heavy atom. The summed E-state index contributed by atoms with van der Waals surface area (Å²) in [6, 6.07) is 11.9. The molecular formula is C17H15N3O5S. The van der Waals surface area contributed by atoms with E-state index in [0.29, 0.717) is 5.52 Å². The van der Waals surface area contributed by atoms with Gasteiger partial charge in [0.15, 0.2) is 0 Å². The number of aryl methyl sites for hydroxylation is 1. The van der Waals surface area contributed by atoms with E-state index in [1.807, 2.05) is 25.1 Å². The molecule has 0 atom stereocenters. The Bertz CT molecular complexity index is 1170. The summed E-state index contributed by atoms with van der Waals surface area (Å²) < 4.78 is 27.0. The first-order valence-corrected chi connectivity index (χ1v) is 9.12. The molecule has 0 saturated carbocycles. The summed E-state index contributed by atoms with van der Waals surface area (Å²) in [4.78, 5) is 24.8. The number of aromatic amines is 1. The number of para-hydroxylation sites is 1. The second-order valence-electron chi connectivity index (χ2n) is 5.74. The van der Waals surface area contributed by atoms with Crippen molar-refractivity contribution in [2.24, 2.45) is 0 Å². The van der Waals surface area contributed by atoms with Crippen LogP contribution in [0, 0.1) is 17.0 Å². The first-order valence-electron chi connectivity index (χ1n) is 7.63. The Kier molecular flexibility index (Phi) is 4.58. The molecular weight excluding hydrogens is 358 g/mol. The first kappa shape index (κ1) is 17.8. The fourth-order valence-electron chi connectivity index (χ4n) is 2.58. The van der Waals surface area contributed by atoms with Crippen LogP contribution >= 0.6 is 0 Å². The van der Waals surface area contributed by atoms with Crippen LogP contribution in [0.2, 0.25) is 0 Å². The molecule has 2 aromatic carbocycles. The summed E-state index contributed by atoms with van der Waals surface area (Å²) in [6.07, 6.45) is 0. The number of nitro benzene ring substituents is 1. The van der Waals surface area contributed by atoms with E-state index in [-0.39, 0.29) is 22.7 Å². The van der Waals surface area contributed by atoms with Crippen LogP contribution in [0.25, 0.3) is 10.9 Å². The van der Waals surface area contributed by atoms with Crippen LogP contribution in [-0.4, -0.2) is 18.3 Å². The number of benzene rings is 2. The lowest BCUT2D eigenvalue weighted by Crippen LogP contribution is -2.27. The highest BCUT2D eigenvalue weighted by atomic mass is 32.2. The van der Waals surface area contributed by atoms with Gasteiger partial charge in [-0.3, -0.25) is 14.9 Å². The van der Waals surface area contributed by atoms with Crippen molar-refractivity contribution in [1.29, 1.82) is 0 Å². The van der Waals surface area contributed by atoms with E-state index in [4.69, 9.17) is 0 Å². The molecule has 0 aliphatic carbocycles. The molecule has 0 saturated heterocycles. The lowest BCUT2D eigenvalue weighted by molar-refractivity contribution is -0.385. The van der Waals surface area contributed by atoms with Crippen molar-refractivity contribution in [2.45, 2.75) is 18.4 Å². The van der Waals surface area contributed by atoms with Gasteiger partial charge in [-0.05, 0) is 30.0 Å². The van der Waals surface area contributed by atoms with Gasteiger partial charge in [-0.15, -0.1) is 0 Å². The number of rotatable bonds is 5. The summed E-state index contributed by atoms with van der Waals surface area (Å²) in [7, 11) is -4.00. The van der Waals surface area contributed by atoms with E-state index in [9.17, 15) is 23.3 Å². The third-order valence-corrected chi connectivity index (χ3v) is 5.36. The van der Waals surface area contributed by atoms with Crippen LogP contribution < -0.4 is 10.3 Å². The standard InChI is InChI=1S/C17H15N3O5S/c1-11-4-2-5-12-8-13(17(21)19-16(11)12)10-18-26(24,25)15-7-3-6-14(9-15)20(22)23/h2-9,18H,10H2,1H3,(H,19,21). The van der Waals surface area contributed by atoms with Crippen molar-refractivity contribution in [1.82, 2.24) is 9.71 Å². The molecule has 0 fully saturated rings. The summed E-state index contributed by atoms with van der Waals surface area (Å²) in [5, 5.41) is 11.6. The van der Waals surface area contributed by atoms with E-state index in [1.165, 1.54) is 18.2 Å². The highest BCUT2D eigenvalue weighted by molar-refractivity contribution is 7.89. The lowest BCUT2D eigenvalue weighted by Gasteiger charge is -2.08. The van der Waals surface area contributed by atoms with Gasteiger partial charge in [0.2, 0.25) is 10.0 Å².